The van der Waals surface area contributed by atoms with Crippen LogP contribution < -0.4 is 27.8 Å². The summed E-state index contributed by atoms with van der Waals surface area (Å²) in [5, 5.41) is 13.5. The quantitative estimate of drug-likeness (QED) is 0.217. The molecule has 116 valence electrons. The zero-order chi connectivity index (χ0) is 15.7. The average Bonchev–Trinajstić information content (AvgIpc) is 2.41. The molecule has 0 aliphatic heterocycles. The van der Waals surface area contributed by atoms with E-state index in [-0.39, 0.29) is 18.8 Å². The average molecular weight is 307 g/mol. The topological polar surface area (TPSA) is 174 Å². The van der Waals surface area contributed by atoms with E-state index in [2.05, 4.69) is 23.3 Å². The van der Waals surface area contributed by atoms with Crippen LogP contribution in [0.25, 0.3) is 0 Å². The van der Waals surface area contributed by atoms with Crippen LogP contribution >= 0.6 is 12.6 Å². The predicted octanol–water partition coefficient (Wildman–Crippen LogP) is -3.39. The molecule has 2 atom stereocenters. The van der Waals surface area contributed by atoms with Crippen molar-refractivity contribution in [1.82, 2.24) is 10.6 Å². The van der Waals surface area contributed by atoms with Gasteiger partial charge in [-0.15, -0.1) is 0 Å². The fourth-order valence-corrected chi connectivity index (χ4v) is 1.51. The van der Waals surface area contributed by atoms with Gasteiger partial charge in [0.25, 0.3) is 0 Å². The van der Waals surface area contributed by atoms with E-state index in [1.54, 1.807) is 0 Å². The molecular weight excluding hydrogens is 286 g/mol. The maximum absolute atomic E-state index is 11.8. The molecule has 0 aliphatic carbocycles. The van der Waals surface area contributed by atoms with Crippen molar-refractivity contribution >= 4 is 30.4 Å². The smallest absolute Gasteiger partial charge is 0.321 e. The zero-order valence-electron chi connectivity index (χ0n) is 10.9. The third-order valence-electron chi connectivity index (χ3n) is 2.47. The lowest BCUT2D eigenvalue weighted by molar-refractivity contribution is -0.140. The summed E-state index contributed by atoms with van der Waals surface area (Å²) in [6.45, 7) is 0.332. The van der Waals surface area contributed by atoms with Crippen molar-refractivity contribution in [2.45, 2.75) is 24.5 Å². The van der Waals surface area contributed by atoms with Crippen LogP contribution in [0, 0.1) is 0 Å². The second kappa shape index (κ2) is 9.53. The van der Waals surface area contributed by atoms with Crippen LogP contribution in [0.15, 0.2) is 0 Å². The lowest BCUT2D eigenvalue weighted by Gasteiger charge is -2.21. The Balaban J connectivity index is 4.42. The minimum Gasteiger partial charge on any atom is -0.480 e. The van der Waals surface area contributed by atoms with Gasteiger partial charge in [0.1, 0.15) is 12.1 Å². The van der Waals surface area contributed by atoms with Gasteiger partial charge in [-0.05, 0) is 0 Å². The highest BCUT2D eigenvalue weighted by molar-refractivity contribution is 7.80. The molecule has 9 nitrogen and oxygen atoms in total. The van der Waals surface area contributed by atoms with E-state index in [9.17, 15) is 14.4 Å². The second-order valence-electron chi connectivity index (χ2n) is 4.13. The summed E-state index contributed by atoms with van der Waals surface area (Å²) < 4.78 is 0. The normalized spacial score (nSPS) is 13.7. The molecule has 0 bridgehead atoms. The maximum Gasteiger partial charge on any atom is 0.321 e. The van der Waals surface area contributed by atoms with E-state index in [1.807, 2.05) is 0 Å². The summed E-state index contributed by atoms with van der Waals surface area (Å²) in [5.41, 5.74) is 16.0. The Morgan fingerprint density at radius 1 is 1.15 bits per heavy atom. The maximum atomic E-state index is 11.8. The Morgan fingerprint density at radius 3 is 2.10 bits per heavy atom. The summed E-state index contributed by atoms with van der Waals surface area (Å²) in [4.78, 5) is 33.9. The highest BCUT2D eigenvalue weighted by Crippen LogP contribution is 1.94. The van der Waals surface area contributed by atoms with Gasteiger partial charge in [-0.1, -0.05) is 0 Å². The largest absolute Gasteiger partial charge is 0.480 e. The molecule has 20 heavy (non-hydrogen) atoms. The van der Waals surface area contributed by atoms with Gasteiger partial charge >= 0.3 is 5.97 Å². The molecule has 2 amide bonds. The highest BCUT2D eigenvalue weighted by atomic mass is 32.1. The zero-order valence-corrected chi connectivity index (χ0v) is 11.8. The molecule has 0 aliphatic rings. The van der Waals surface area contributed by atoms with Gasteiger partial charge in [0, 0.05) is 18.8 Å². The van der Waals surface area contributed by atoms with E-state index in [0.717, 1.165) is 0 Å². The number of aliphatic carboxylic acids is 1. The number of thiol groups is 1. The Hall–Kier alpha value is -1.36. The summed E-state index contributed by atoms with van der Waals surface area (Å²) >= 11 is 3.96. The standard InChI is InChI=1S/C10H21N5O4S/c11-2-5(3-12)14-9(17)7(4-20)15-8(16)1-6(13)10(18)19/h5-7,20H,1-4,11-13H2,(H,14,17)(H,15,16)(H,18,19). The first-order valence-corrected chi connectivity index (χ1v) is 6.58. The van der Waals surface area contributed by atoms with Gasteiger partial charge in [0.15, 0.2) is 0 Å². The molecule has 0 rings (SSSR count). The molecule has 0 spiro atoms. The lowest BCUT2D eigenvalue weighted by atomic mass is 10.2. The van der Waals surface area contributed by atoms with E-state index < -0.39 is 42.3 Å². The minimum absolute atomic E-state index is 0.0434. The third kappa shape index (κ3) is 6.70. The Kier molecular flexibility index (Phi) is 8.88. The highest BCUT2D eigenvalue weighted by Gasteiger charge is 2.23. The molecule has 0 saturated heterocycles. The van der Waals surface area contributed by atoms with E-state index in [1.165, 1.54) is 0 Å². The number of nitrogens with one attached hydrogen (secondary N) is 2. The third-order valence-corrected chi connectivity index (χ3v) is 2.84. The molecule has 0 saturated carbocycles. The van der Waals surface area contributed by atoms with Crippen molar-refractivity contribution in [3.05, 3.63) is 0 Å². The van der Waals surface area contributed by atoms with E-state index in [4.69, 9.17) is 22.3 Å². The van der Waals surface area contributed by atoms with E-state index in [0.29, 0.717) is 0 Å². The van der Waals surface area contributed by atoms with Gasteiger partial charge in [0.05, 0.1) is 12.5 Å². The van der Waals surface area contributed by atoms with Gasteiger partial charge in [-0.2, -0.15) is 12.6 Å². The first-order valence-electron chi connectivity index (χ1n) is 5.94. The van der Waals surface area contributed by atoms with Gasteiger partial charge in [-0.3, -0.25) is 14.4 Å². The number of hydrogen-bond acceptors (Lipinski definition) is 7. The van der Waals surface area contributed by atoms with Crippen LogP contribution in [-0.2, 0) is 14.4 Å². The van der Waals surface area contributed by atoms with Gasteiger partial charge < -0.3 is 32.9 Å². The molecule has 2 unspecified atom stereocenters. The van der Waals surface area contributed by atoms with Crippen molar-refractivity contribution in [3.8, 4) is 0 Å². The minimum atomic E-state index is -1.32. The van der Waals surface area contributed by atoms with Crippen molar-refractivity contribution in [1.29, 1.82) is 0 Å². The van der Waals surface area contributed by atoms with Crippen LogP contribution in [0.1, 0.15) is 6.42 Å². The van der Waals surface area contributed by atoms with Crippen molar-refractivity contribution < 1.29 is 19.5 Å². The summed E-state index contributed by atoms with van der Waals surface area (Å²) in [5.74, 6) is -2.38. The van der Waals surface area contributed by atoms with E-state index >= 15 is 0 Å². The molecule has 0 radical (unpaired) electrons. The number of rotatable bonds is 9. The Labute approximate surface area is 122 Å². The summed E-state index contributed by atoms with van der Waals surface area (Å²) in [6, 6.07) is -2.63. The van der Waals surface area contributed by atoms with Gasteiger partial charge in [0.2, 0.25) is 11.8 Å². The van der Waals surface area contributed by atoms with Gasteiger partial charge in [-0.25, -0.2) is 0 Å². The second-order valence-corrected chi connectivity index (χ2v) is 4.49. The molecule has 0 aromatic rings. The fraction of sp³-hybridized carbons (Fsp3) is 0.700. The molecule has 0 aromatic carbocycles. The van der Waals surface area contributed by atoms with Crippen molar-refractivity contribution in [2.24, 2.45) is 17.2 Å². The number of amides is 2. The molecule has 0 fully saturated rings. The van der Waals surface area contributed by atoms with Crippen molar-refractivity contribution in [3.63, 3.8) is 0 Å². The van der Waals surface area contributed by atoms with Crippen LogP contribution in [0.3, 0.4) is 0 Å². The molecule has 9 N–H and O–H groups in total. The molecule has 0 aromatic heterocycles. The molecule has 10 heteroatoms. The number of nitrogens with two attached hydrogens (primary N) is 3. The number of hydrogen-bond donors (Lipinski definition) is 7. The Bertz CT molecular complexity index is 351. The molecular formula is C10H21N5O4S. The predicted molar refractivity (Wildman–Crippen MR) is 76.1 cm³/mol. The summed E-state index contributed by atoms with van der Waals surface area (Å²) in [7, 11) is 0. The monoisotopic (exact) mass is 307 g/mol. The number of carboxylic acids is 1. The van der Waals surface area contributed by atoms with Crippen molar-refractivity contribution in [2.75, 3.05) is 18.8 Å². The first-order chi connectivity index (χ1) is 9.35. The molecule has 0 heterocycles. The fourth-order valence-electron chi connectivity index (χ4n) is 1.25. The number of carbonyl (C=O) groups excluding carboxylic acids is 2. The lowest BCUT2D eigenvalue weighted by Crippen LogP contribution is -2.54. The van der Waals surface area contributed by atoms with Crippen LogP contribution in [0.2, 0.25) is 0 Å². The Morgan fingerprint density at radius 2 is 1.70 bits per heavy atom. The SMILES string of the molecule is NCC(CN)NC(=O)C(CS)NC(=O)CC(N)C(=O)O. The summed E-state index contributed by atoms with van der Waals surface area (Å²) in [6.07, 6.45) is -0.426. The first kappa shape index (κ1) is 18.6. The van der Waals surface area contributed by atoms with Crippen LogP contribution in [0.4, 0.5) is 0 Å². The van der Waals surface area contributed by atoms with Crippen LogP contribution in [0.5, 0.6) is 0 Å². The van der Waals surface area contributed by atoms with Crippen LogP contribution in [-0.4, -0.2) is 59.9 Å². The number of carboxylic acid groups (broad SMARTS) is 1. The number of carbonyl (C=O) groups is 3.